The number of H-pyrrole nitrogens is 1. The van der Waals surface area contributed by atoms with Crippen LogP contribution in [-0.4, -0.2) is 95.6 Å². The normalized spacial score (nSPS) is 40.3. The predicted molar refractivity (Wildman–Crippen MR) is 297 cm³/mol. The number of benzene rings is 1. The van der Waals surface area contributed by atoms with Crippen LogP contribution in [0.25, 0.3) is 11.0 Å². The molecule has 410 valence electrons. The summed E-state index contributed by atoms with van der Waals surface area (Å²) < 4.78 is 14.5. The number of carbonyl (C=O) groups excluding carboxylic acids is 2. The molecule has 7 fully saturated rings. The Kier molecular flexibility index (Phi) is 13.1. The standard InChI is InChI=1S/C65H94N4O6/c1-59(2)58(75-59)49(71)32-60(3)20-16-43-36-68-54-46(29-40-27-44(41-13-11-10-12-14-41)30-45(28-40)42-18-25-74-26-19-42)37-69(55(43)54)38-47-52-53(60)48(70)33-63(52,6)62(5)21-17-50-61(4,23-24-66-8)51(72)34-65(22-15-39(31-65)35-67-9)64(50,7)57(62)56(47)73/h27-28,30,36-37,39,41-42,47,49-50,56-58,66-68,71,73H,10-26,29,31-35,38H2,1-9H3. The van der Waals surface area contributed by atoms with E-state index in [1.54, 1.807) is 0 Å². The molecule has 75 heavy (non-hydrogen) atoms. The van der Waals surface area contributed by atoms with Crippen molar-refractivity contribution in [3.63, 3.8) is 0 Å². The molecular weight excluding hydrogens is 933 g/mol. The van der Waals surface area contributed by atoms with E-state index in [9.17, 15) is 10.2 Å². The van der Waals surface area contributed by atoms with Crippen LogP contribution in [0.1, 0.15) is 197 Å². The molecule has 3 aromatic rings. The summed E-state index contributed by atoms with van der Waals surface area (Å²) in [5.74, 6) is 1.83. The molecular formula is C65H94N4O6. The van der Waals surface area contributed by atoms with Gasteiger partial charge in [0.2, 0.25) is 0 Å². The maximum absolute atomic E-state index is 15.8. The maximum atomic E-state index is 15.8. The minimum Gasteiger partial charge on any atom is -0.392 e. The number of hydrogen-bond donors (Lipinski definition) is 5. The van der Waals surface area contributed by atoms with Crippen LogP contribution in [0.5, 0.6) is 0 Å². The van der Waals surface area contributed by atoms with Gasteiger partial charge in [0, 0.05) is 73.7 Å². The molecule has 2 aromatic heterocycles. The second kappa shape index (κ2) is 18.7. The number of allylic oxidation sites excluding steroid dienone is 1. The molecule has 5 heterocycles. The molecule has 0 bridgehead atoms. The van der Waals surface area contributed by atoms with Gasteiger partial charge in [-0.1, -0.05) is 72.1 Å². The van der Waals surface area contributed by atoms with Gasteiger partial charge in [-0.3, -0.25) is 9.59 Å². The van der Waals surface area contributed by atoms with Crippen LogP contribution in [-0.2, 0) is 38.4 Å². The van der Waals surface area contributed by atoms with E-state index in [1.165, 1.54) is 76.5 Å². The van der Waals surface area contributed by atoms with Gasteiger partial charge < -0.3 is 39.9 Å². The van der Waals surface area contributed by atoms with Crippen LogP contribution in [0.4, 0.5) is 0 Å². The molecule has 0 amide bonds. The average Bonchev–Trinajstić information content (AvgIpc) is 3.82. The molecule has 1 spiro atoms. The number of epoxide rings is 1. The van der Waals surface area contributed by atoms with Crippen LogP contribution >= 0.6 is 0 Å². The summed E-state index contributed by atoms with van der Waals surface area (Å²) in [5.41, 5.74) is 8.19. The highest BCUT2D eigenvalue weighted by atomic mass is 16.6. The van der Waals surface area contributed by atoms with Gasteiger partial charge in [0.25, 0.3) is 0 Å². The first-order chi connectivity index (χ1) is 35.7. The number of Topliss-reactive ketones (excluding diaryl/α,β-unsaturated/α-hetero) is 2. The van der Waals surface area contributed by atoms with Crippen molar-refractivity contribution >= 4 is 22.6 Å². The summed E-state index contributed by atoms with van der Waals surface area (Å²) in [6, 6.07) is 7.62. The van der Waals surface area contributed by atoms with Crippen LogP contribution in [0, 0.1) is 56.2 Å². The number of aromatic amines is 1. The molecule has 12 rings (SSSR count). The zero-order valence-corrected chi connectivity index (χ0v) is 47.5. The molecule has 0 radical (unpaired) electrons. The Hall–Kier alpha value is -3.12. The number of nitrogens with one attached hydrogen (secondary N) is 3. The Bertz CT molecular complexity index is 2700. The second-order valence-electron chi connectivity index (χ2n) is 28.6. The first-order valence-corrected chi connectivity index (χ1v) is 30.3. The summed E-state index contributed by atoms with van der Waals surface area (Å²) in [5, 5.41) is 33.6. The number of rotatable bonds is 12. The van der Waals surface area contributed by atoms with Gasteiger partial charge in [-0.15, -0.1) is 0 Å². The van der Waals surface area contributed by atoms with Crippen LogP contribution in [0.2, 0.25) is 0 Å². The maximum Gasteiger partial charge on any atom is 0.160 e. The van der Waals surface area contributed by atoms with Crippen molar-refractivity contribution in [3.8, 4) is 0 Å². The van der Waals surface area contributed by atoms with E-state index in [2.05, 4.69) is 106 Å². The van der Waals surface area contributed by atoms with E-state index in [0.717, 1.165) is 96.1 Å². The number of nitrogens with zero attached hydrogens (tertiary/aromatic N) is 1. The second-order valence-corrected chi connectivity index (χ2v) is 28.6. The number of carbonyl (C=O) groups is 2. The first kappa shape index (κ1) is 52.6. The fourth-order valence-electron chi connectivity index (χ4n) is 20.2. The zero-order valence-electron chi connectivity index (χ0n) is 47.5. The molecule has 1 aromatic carbocycles. The van der Waals surface area contributed by atoms with Crippen molar-refractivity contribution in [2.75, 3.05) is 40.4 Å². The molecule has 2 saturated heterocycles. The molecule has 13 atom stereocenters. The van der Waals surface area contributed by atoms with E-state index in [4.69, 9.17) is 9.47 Å². The largest absolute Gasteiger partial charge is 0.392 e. The Morgan fingerprint density at radius 2 is 1.59 bits per heavy atom. The number of ketones is 2. The number of aliphatic hydroxyl groups is 2. The number of ether oxygens (including phenoxy) is 2. The van der Waals surface area contributed by atoms with E-state index >= 15 is 9.59 Å². The highest BCUT2D eigenvalue weighted by molar-refractivity contribution is 6.02. The van der Waals surface area contributed by atoms with Gasteiger partial charge in [-0.25, -0.2) is 0 Å². The van der Waals surface area contributed by atoms with Gasteiger partial charge in [0.05, 0.1) is 28.8 Å². The number of fused-ring (bicyclic) bond motifs is 5. The third-order valence-electron chi connectivity index (χ3n) is 24.3. The van der Waals surface area contributed by atoms with Crippen molar-refractivity contribution < 1.29 is 29.3 Å². The Morgan fingerprint density at radius 1 is 0.867 bits per heavy atom. The molecule has 10 heteroatoms. The topological polar surface area (TPSA) is 141 Å². The Balaban J connectivity index is 1.02. The van der Waals surface area contributed by atoms with Crippen molar-refractivity contribution in [3.05, 3.63) is 69.6 Å². The summed E-state index contributed by atoms with van der Waals surface area (Å²) in [6.45, 7) is 20.1. The molecule has 10 nitrogen and oxygen atoms in total. The lowest BCUT2D eigenvalue weighted by molar-refractivity contribution is -0.262. The molecule has 3 aliphatic heterocycles. The third kappa shape index (κ3) is 8.01. The monoisotopic (exact) mass is 1030 g/mol. The molecule has 5 N–H and O–H groups in total. The van der Waals surface area contributed by atoms with Gasteiger partial charge in [0.15, 0.2) is 5.78 Å². The summed E-state index contributed by atoms with van der Waals surface area (Å²) in [7, 11) is 4.07. The van der Waals surface area contributed by atoms with E-state index in [-0.39, 0.29) is 40.5 Å². The van der Waals surface area contributed by atoms with Gasteiger partial charge in [-0.05, 0) is 209 Å². The van der Waals surface area contributed by atoms with Gasteiger partial charge in [-0.2, -0.15) is 0 Å². The lowest BCUT2D eigenvalue weighted by Crippen LogP contribution is -2.72. The Labute approximate surface area is 449 Å². The minimum atomic E-state index is -0.759. The van der Waals surface area contributed by atoms with Crippen LogP contribution in [0.3, 0.4) is 0 Å². The number of aryl methyl sites for hydroxylation is 1. The highest BCUT2D eigenvalue weighted by Crippen LogP contribution is 2.80. The minimum absolute atomic E-state index is 0.102. The smallest absolute Gasteiger partial charge is 0.160 e. The lowest BCUT2D eigenvalue weighted by Gasteiger charge is -2.74. The van der Waals surface area contributed by atoms with Crippen molar-refractivity contribution in [2.45, 2.75) is 213 Å². The first-order valence-electron chi connectivity index (χ1n) is 30.3. The number of hydrogen-bond acceptors (Lipinski definition) is 8. The van der Waals surface area contributed by atoms with Crippen molar-refractivity contribution in [1.82, 2.24) is 20.2 Å². The quantitative estimate of drug-likeness (QED) is 0.113. The van der Waals surface area contributed by atoms with Crippen molar-refractivity contribution in [1.29, 1.82) is 0 Å². The van der Waals surface area contributed by atoms with Gasteiger partial charge >= 0.3 is 0 Å². The summed E-state index contributed by atoms with van der Waals surface area (Å²) in [4.78, 5) is 34.8. The van der Waals surface area contributed by atoms with Gasteiger partial charge in [0.1, 0.15) is 11.9 Å². The van der Waals surface area contributed by atoms with Crippen LogP contribution < -0.4 is 10.6 Å². The van der Waals surface area contributed by atoms with E-state index in [0.29, 0.717) is 55.8 Å². The SMILES string of the molecule is CNCCC1(C)C(=O)CC2(CCC(CNC)C2)C2(C)C1CCC1(C)C2C(O)C2Cn3cc(Cc4cc(C5CCCCC5)cc(C5CCOCC5)c4)c4[nH]cc(c43)CCC(C)(CC(O)C3OC3(C)C)C3=C2C1(C)CC3=O. The third-order valence-corrected chi connectivity index (χ3v) is 24.3. The molecule has 5 saturated carbocycles. The fraction of sp³-hybridized carbons (Fsp3) is 0.754. The summed E-state index contributed by atoms with van der Waals surface area (Å²) >= 11 is 0. The molecule has 6 aliphatic carbocycles. The van der Waals surface area contributed by atoms with Crippen molar-refractivity contribution in [2.24, 2.45) is 56.2 Å². The van der Waals surface area contributed by atoms with E-state index < -0.39 is 39.5 Å². The zero-order chi connectivity index (χ0) is 52.7. The molecule has 9 aliphatic rings. The van der Waals surface area contributed by atoms with Crippen LogP contribution in [0.15, 0.2) is 41.7 Å². The average molecular weight is 1030 g/mol. The number of aliphatic hydroxyl groups excluding tert-OH is 2. The Morgan fingerprint density at radius 3 is 2.28 bits per heavy atom. The molecule has 13 unspecified atom stereocenters. The van der Waals surface area contributed by atoms with E-state index in [1.807, 2.05) is 7.05 Å². The highest BCUT2D eigenvalue weighted by Gasteiger charge is 2.77. The number of aromatic nitrogens is 2. The lowest BCUT2D eigenvalue weighted by atomic mass is 9.30. The predicted octanol–water partition coefficient (Wildman–Crippen LogP) is 11.3. The summed E-state index contributed by atoms with van der Waals surface area (Å²) in [6.07, 6.45) is 20.8. The fourth-order valence-corrected chi connectivity index (χ4v) is 20.2.